The van der Waals surface area contributed by atoms with Gasteiger partial charge in [0.2, 0.25) is 0 Å². The third-order valence-electron chi connectivity index (χ3n) is 1.99. The molecule has 0 saturated carbocycles. The number of benzene rings is 1. The molecule has 1 aromatic carbocycles. The molecule has 0 saturated heterocycles. The van der Waals surface area contributed by atoms with Crippen LogP contribution >= 0.6 is 0 Å². The summed E-state index contributed by atoms with van der Waals surface area (Å²) in [4.78, 5) is 0. The van der Waals surface area contributed by atoms with Gasteiger partial charge in [-0.05, 0) is 12.1 Å². The van der Waals surface area contributed by atoms with Crippen molar-refractivity contribution >= 4 is 5.71 Å². The van der Waals surface area contributed by atoms with Crippen LogP contribution in [0.15, 0.2) is 23.4 Å². The van der Waals surface area contributed by atoms with Crippen LogP contribution in [0.4, 0.5) is 0 Å². The molecule has 2 rings (SSSR count). The van der Waals surface area contributed by atoms with Crippen LogP contribution in [0, 0.1) is 0 Å². The fraction of sp³-hybridized carbons (Fsp3) is 0.222. The Morgan fingerprint density at radius 3 is 3.00 bits per heavy atom. The van der Waals surface area contributed by atoms with Crippen molar-refractivity contribution in [2.45, 2.75) is 6.42 Å². The molecule has 0 amide bonds. The number of nitrogens with zero attached hydrogens (tertiary/aromatic N) is 1. The highest BCUT2D eigenvalue weighted by Crippen LogP contribution is 2.28. The minimum atomic E-state index is 0.151. The van der Waals surface area contributed by atoms with Crippen LogP contribution in [0.3, 0.4) is 0 Å². The van der Waals surface area contributed by atoms with E-state index >= 15 is 0 Å². The van der Waals surface area contributed by atoms with E-state index in [1.54, 1.807) is 12.1 Å². The molecule has 1 heterocycles. The predicted octanol–water partition coefficient (Wildman–Crippen LogP) is 1.35. The topological polar surface area (TPSA) is 62.1 Å². The molecule has 1 aromatic rings. The number of aromatic hydroxyl groups is 1. The van der Waals surface area contributed by atoms with Crippen molar-refractivity contribution in [1.82, 2.24) is 0 Å². The Hall–Kier alpha value is -1.71. The molecule has 4 heteroatoms. The van der Waals surface area contributed by atoms with Gasteiger partial charge in [0.05, 0.1) is 12.3 Å². The maximum Gasteiger partial charge on any atom is 0.132 e. The van der Waals surface area contributed by atoms with Crippen LogP contribution in [0.1, 0.15) is 12.0 Å². The predicted molar refractivity (Wildman–Crippen MR) is 46.5 cm³/mol. The smallest absolute Gasteiger partial charge is 0.132 e. The SMILES string of the molecule is O/N=C1/CCOc2cc(O)ccc21. The lowest BCUT2D eigenvalue weighted by atomic mass is 10.0. The molecule has 13 heavy (non-hydrogen) atoms. The lowest BCUT2D eigenvalue weighted by molar-refractivity contribution is 0.297. The van der Waals surface area contributed by atoms with E-state index in [9.17, 15) is 0 Å². The summed E-state index contributed by atoms with van der Waals surface area (Å²) >= 11 is 0. The van der Waals surface area contributed by atoms with E-state index in [0.717, 1.165) is 5.56 Å². The highest BCUT2D eigenvalue weighted by atomic mass is 16.5. The van der Waals surface area contributed by atoms with Crippen LogP contribution in [0.2, 0.25) is 0 Å². The standard InChI is InChI=1S/C9H9NO3/c11-6-1-2-7-8(10-12)3-4-13-9(7)5-6/h1-2,5,11-12H,3-4H2/b10-8-. The molecule has 0 aromatic heterocycles. The zero-order valence-corrected chi connectivity index (χ0v) is 6.90. The van der Waals surface area contributed by atoms with E-state index in [2.05, 4.69) is 5.16 Å². The largest absolute Gasteiger partial charge is 0.508 e. The first-order valence-electron chi connectivity index (χ1n) is 3.98. The van der Waals surface area contributed by atoms with E-state index in [4.69, 9.17) is 15.1 Å². The number of fused-ring (bicyclic) bond motifs is 1. The first kappa shape index (κ1) is 7.91. The second-order valence-electron chi connectivity index (χ2n) is 2.83. The van der Waals surface area contributed by atoms with Gasteiger partial charge in [-0.2, -0.15) is 0 Å². The lowest BCUT2D eigenvalue weighted by Gasteiger charge is -2.17. The monoisotopic (exact) mass is 179 g/mol. The summed E-state index contributed by atoms with van der Waals surface area (Å²) in [6.07, 6.45) is 0.592. The summed E-state index contributed by atoms with van der Waals surface area (Å²) in [5.74, 6) is 0.719. The minimum Gasteiger partial charge on any atom is -0.508 e. The third-order valence-corrected chi connectivity index (χ3v) is 1.99. The van der Waals surface area contributed by atoms with Crippen molar-refractivity contribution in [2.75, 3.05) is 6.61 Å². The average Bonchev–Trinajstić information content (AvgIpc) is 2.16. The van der Waals surface area contributed by atoms with Gasteiger partial charge in [0.25, 0.3) is 0 Å². The zero-order valence-electron chi connectivity index (χ0n) is 6.90. The Labute approximate surface area is 75.1 Å². The third kappa shape index (κ3) is 1.30. The van der Waals surface area contributed by atoms with Crippen molar-refractivity contribution in [3.05, 3.63) is 23.8 Å². The molecule has 2 N–H and O–H groups in total. The van der Waals surface area contributed by atoms with Crippen LogP contribution in [0.5, 0.6) is 11.5 Å². The van der Waals surface area contributed by atoms with Crippen molar-refractivity contribution in [3.8, 4) is 11.5 Å². The van der Waals surface area contributed by atoms with E-state index < -0.39 is 0 Å². The summed E-state index contributed by atoms with van der Waals surface area (Å²) in [7, 11) is 0. The summed E-state index contributed by atoms with van der Waals surface area (Å²) in [6.45, 7) is 0.482. The Kier molecular flexibility index (Phi) is 1.81. The van der Waals surface area contributed by atoms with Gasteiger partial charge in [-0.15, -0.1) is 0 Å². The van der Waals surface area contributed by atoms with Gasteiger partial charge >= 0.3 is 0 Å². The molecule has 68 valence electrons. The maximum atomic E-state index is 9.16. The number of phenols is 1. The van der Waals surface area contributed by atoms with Gasteiger partial charge in [0.15, 0.2) is 0 Å². The fourth-order valence-electron chi connectivity index (χ4n) is 1.37. The Balaban J connectivity index is 2.52. The molecule has 0 bridgehead atoms. The van der Waals surface area contributed by atoms with Crippen molar-refractivity contribution in [1.29, 1.82) is 0 Å². The number of rotatable bonds is 0. The Morgan fingerprint density at radius 2 is 2.23 bits per heavy atom. The van der Waals surface area contributed by atoms with Crippen LogP contribution in [0.25, 0.3) is 0 Å². The normalized spacial score (nSPS) is 18.0. The van der Waals surface area contributed by atoms with Gasteiger partial charge in [0, 0.05) is 18.1 Å². The van der Waals surface area contributed by atoms with Gasteiger partial charge in [-0.3, -0.25) is 0 Å². The fourth-order valence-corrected chi connectivity index (χ4v) is 1.37. The van der Waals surface area contributed by atoms with Gasteiger partial charge < -0.3 is 15.1 Å². The number of phenolic OH excluding ortho intramolecular Hbond substituents is 1. The molecule has 0 aliphatic carbocycles. The van der Waals surface area contributed by atoms with Crippen molar-refractivity contribution in [2.24, 2.45) is 5.16 Å². The number of ether oxygens (including phenoxy) is 1. The molecule has 0 spiro atoms. The van der Waals surface area contributed by atoms with Gasteiger partial charge in [0.1, 0.15) is 11.5 Å². The molecule has 4 nitrogen and oxygen atoms in total. The van der Waals surface area contributed by atoms with E-state index in [1.165, 1.54) is 6.07 Å². The zero-order chi connectivity index (χ0) is 9.26. The number of hydrogen-bond acceptors (Lipinski definition) is 4. The molecule has 0 atom stereocenters. The van der Waals surface area contributed by atoms with E-state index in [-0.39, 0.29) is 5.75 Å². The first-order chi connectivity index (χ1) is 6.31. The highest BCUT2D eigenvalue weighted by molar-refractivity contribution is 6.03. The molecular weight excluding hydrogens is 170 g/mol. The first-order valence-corrected chi connectivity index (χ1v) is 3.98. The molecule has 0 radical (unpaired) electrons. The summed E-state index contributed by atoms with van der Waals surface area (Å²) in [6, 6.07) is 4.73. The molecule has 1 aliphatic rings. The summed E-state index contributed by atoms with van der Waals surface area (Å²) < 4.78 is 5.28. The quantitative estimate of drug-likeness (QED) is 0.466. The maximum absolute atomic E-state index is 9.16. The van der Waals surface area contributed by atoms with Gasteiger partial charge in [-0.1, -0.05) is 5.16 Å². The second-order valence-corrected chi connectivity index (χ2v) is 2.83. The van der Waals surface area contributed by atoms with Crippen LogP contribution < -0.4 is 4.74 Å². The Morgan fingerprint density at radius 1 is 1.38 bits per heavy atom. The second kappa shape index (κ2) is 2.97. The van der Waals surface area contributed by atoms with Crippen molar-refractivity contribution in [3.63, 3.8) is 0 Å². The van der Waals surface area contributed by atoms with E-state index in [0.29, 0.717) is 24.5 Å². The van der Waals surface area contributed by atoms with Gasteiger partial charge in [-0.25, -0.2) is 0 Å². The Bertz CT molecular complexity index is 360. The summed E-state index contributed by atoms with van der Waals surface area (Å²) in [5, 5.41) is 21.0. The van der Waals surface area contributed by atoms with Crippen LogP contribution in [-0.2, 0) is 0 Å². The molecule has 1 aliphatic heterocycles. The van der Waals surface area contributed by atoms with Crippen molar-refractivity contribution < 1.29 is 15.1 Å². The van der Waals surface area contributed by atoms with E-state index in [1.807, 2.05) is 0 Å². The molecule has 0 fully saturated rings. The average molecular weight is 179 g/mol. The number of oxime groups is 1. The number of hydrogen-bond donors (Lipinski definition) is 2. The summed E-state index contributed by atoms with van der Waals surface area (Å²) in [5.41, 5.74) is 1.34. The molecular formula is C9H9NO3. The van der Waals surface area contributed by atoms with Crippen LogP contribution in [-0.4, -0.2) is 22.6 Å². The minimum absolute atomic E-state index is 0.151. The lowest BCUT2D eigenvalue weighted by Crippen LogP contribution is -2.15. The highest BCUT2D eigenvalue weighted by Gasteiger charge is 2.17. The molecule has 0 unspecified atom stereocenters.